The van der Waals surface area contributed by atoms with Gasteiger partial charge < -0.3 is 10.4 Å². The molecule has 3 atom stereocenters. The van der Waals surface area contributed by atoms with Gasteiger partial charge in [-0.25, -0.2) is 0 Å². The topological polar surface area (TPSA) is 32.3 Å². The van der Waals surface area contributed by atoms with E-state index in [4.69, 9.17) is 0 Å². The van der Waals surface area contributed by atoms with Gasteiger partial charge in [0.05, 0.1) is 0 Å². The number of fused-ring (bicyclic) bond motifs is 1. The number of hydrogen-bond acceptors (Lipinski definition) is 2. The Balaban J connectivity index is 2.29. The van der Waals surface area contributed by atoms with Gasteiger partial charge in [0.25, 0.3) is 0 Å². The molecule has 2 N–H and O–H groups in total. The lowest BCUT2D eigenvalue weighted by atomic mass is 9.97. The largest absolute Gasteiger partial charge is 0.508 e. The average molecular weight is 245 g/mol. The SMILES string of the molecule is C=CCC(C)NC1CC(C)c2c(C)ccc(O)c21. The van der Waals surface area contributed by atoms with Gasteiger partial charge >= 0.3 is 0 Å². The van der Waals surface area contributed by atoms with Crippen LogP contribution in [-0.4, -0.2) is 11.1 Å². The number of aryl methyl sites for hydroxylation is 1. The van der Waals surface area contributed by atoms with E-state index in [1.54, 1.807) is 0 Å². The van der Waals surface area contributed by atoms with Crippen LogP contribution >= 0.6 is 0 Å². The van der Waals surface area contributed by atoms with E-state index < -0.39 is 0 Å². The second-order valence-corrected chi connectivity index (χ2v) is 5.51. The van der Waals surface area contributed by atoms with E-state index in [0.717, 1.165) is 18.4 Å². The number of hydrogen-bond donors (Lipinski definition) is 2. The van der Waals surface area contributed by atoms with Crippen molar-refractivity contribution in [2.75, 3.05) is 0 Å². The maximum Gasteiger partial charge on any atom is 0.120 e. The molecular weight excluding hydrogens is 222 g/mol. The summed E-state index contributed by atoms with van der Waals surface area (Å²) in [6, 6.07) is 4.50. The van der Waals surface area contributed by atoms with E-state index in [2.05, 4.69) is 32.7 Å². The lowest BCUT2D eigenvalue weighted by Gasteiger charge is -2.20. The van der Waals surface area contributed by atoms with Crippen molar-refractivity contribution < 1.29 is 5.11 Å². The molecule has 0 heterocycles. The highest BCUT2D eigenvalue weighted by molar-refractivity contribution is 5.50. The molecular formula is C16H23NO. The van der Waals surface area contributed by atoms with Crippen molar-refractivity contribution >= 4 is 0 Å². The van der Waals surface area contributed by atoms with E-state index in [9.17, 15) is 5.11 Å². The minimum atomic E-state index is 0.268. The van der Waals surface area contributed by atoms with E-state index in [1.165, 1.54) is 11.1 Å². The Morgan fingerprint density at radius 1 is 1.50 bits per heavy atom. The first-order valence-electron chi connectivity index (χ1n) is 6.73. The number of benzene rings is 1. The summed E-state index contributed by atoms with van der Waals surface area (Å²) < 4.78 is 0. The summed E-state index contributed by atoms with van der Waals surface area (Å²) >= 11 is 0. The van der Waals surface area contributed by atoms with Gasteiger partial charge in [-0.3, -0.25) is 0 Å². The molecule has 3 unspecified atom stereocenters. The fourth-order valence-electron chi connectivity index (χ4n) is 3.16. The maximum atomic E-state index is 10.1. The lowest BCUT2D eigenvalue weighted by Crippen LogP contribution is -2.29. The smallest absolute Gasteiger partial charge is 0.120 e. The molecule has 1 aromatic carbocycles. The molecule has 1 aliphatic carbocycles. The zero-order valence-corrected chi connectivity index (χ0v) is 11.5. The van der Waals surface area contributed by atoms with Gasteiger partial charge in [-0.1, -0.05) is 19.1 Å². The van der Waals surface area contributed by atoms with E-state index in [-0.39, 0.29) is 6.04 Å². The van der Waals surface area contributed by atoms with Crippen LogP contribution in [0.2, 0.25) is 0 Å². The first-order valence-corrected chi connectivity index (χ1v) is 6.73. The first kappa shape index (κ1) is 13.2. The minimum Gasteiger partial charge on any atom is -0.508 e. The van der Waals surface area contributed by atoms with Crippen molar-refractivity contribution in [2.45, 2.75) is 51.6 Å². The Kier molecular flexibility index (Phi) is 3.76. The van der Waals surface area contributed by atoms with Crippen molar-refractivity contribution in [1.29, 1.82) is 0 Å². The second kappa shape index (κ2) is 5.15. The summed E-state index contributed by atoms with van der Waals surface area (Å²) in [7, 11) is 0. The van der Waals surface area contributed by atoms with Crippen LogP contribution in [0.3, 0.4) is 0 Å². The predicted molar refractivity (Wildman–Crippen MR) is 76.0 cm³/mol. The summed E-state index contributed by atoms with van der Waals surface area (Å²) in [4.78, 5) is 0. The zero-order valence-electron chi connectivity index (χ0n) is 11.5. The third kappa shape index (κ3) is 2.30. The van der Waals surface area contributed by atoms with Crippen LogP contribution in [0.5, 0.6) is 5.75 Å². The van der Waals surface area contributed by atoms with Gasteiger partial charge in [-0.05, 0) is 49.8 Å². The molecule has 1 aromatic rings. The Morgan fingerprint density at radius 3 is 2.89 bits per heavy atom. The molecule has 0 aromatic heterocycles. The molecule has 0 radical (unpaired) electrons. The minimum absolute atomic E-state index is 0.268. The molecule has 18 heavy (non-hydrogen) atoms. The standard InChI is InChI=1S/C16H23NO/c1-5-6-12(4)17-13-9-11(3)15-10(2)7-8-14(18)16(13)15/h5,7-8,11-13,17-18H,1,6,9H2,2-4H3. The predicted octanol–water partition coefficient (Wildman–Crippen LogP) is 3.80. The third-order valence-electron chi connectivity index (χ3n) is 3.92. The van der Waals surface area contributed by atoms with Crippen LogP contribution in [0.25, 0.3) is 0 Å². The maximum absolute atomic E-state index is 10.1. The fraction of sp³-hybridized carbons (Fsp3) is 0.500. The Morgan fingerprint density at radius 2 is 2.22 bits per heavy atom. The highest BCUT2D eigenvalue weighted by Gasteiger charge is 2.32. The molecule has 1 aliphatic rings. The summed E-state index contributed by atoms with van der Waals surface area (Å²) in [5.41, 5.74) is 3.73. The molecule has 0 aliphatic heterocycles. The highest BCUT2D eigenvalue weighted by atomic mass is 16.3. The lowest BCUT2D eigenvalue weighted by molar-refractivity contribution is 0.418. The molecule has 98 valence electrons. The van der Waals surface area contributed by atoms with Crippen molar-refractivity contribution in [1.82, 2.24) is 5.32 Å². The summed E-state index contributed by atoms with van der Waals surface area (Å²) in [6.07, 6.45) is 3.95. The molecule has 0 saturated carbocycles. The van der Waals surface area contributed by atoms with Crippen molar-refractivity contribution in [3.8, 4) is 5.75 Å². The van der Waals surface area contributed by atoms with Crippen LogP contribution in [-0.2, 0) is 0 Å². The van der Waals surface area contributed by atoms with E-state index >= 15 is 0 Å². The number of aromatic hydroxyl groups is 1. The quantitative estimate of drug-likeness (QED) is 0.791. The van der Waals surface area contributed by atoms with Gasteiger partial charge in [0.2, 0.25) is 0 Å². The first-order chi connectivity index (χ1) is 8.54. The number of phenols is 1. The highest BCUT2D eigenvalue weighted by Crippen LogP contribution is 2.46. The monoisotopic (exact) mass is 245 g/mol. The molecule has 2 rings (SSSR count). The van der Waals surface area contributed by atoms with Crippen LogP contribution in [0.4, 0.5) is 0 Å². The number of rotatable bonds is 4. The summed E-state index contributed by atoms with van der Waals surface area (Å²) in [5.74, 6) is 0.948. The average Bonchev–Trinajstić information content (AvgIpc) is 2.62. The molecule has 0 saturated heterocycles. The van der Waals surface area contributed by atoms with Crippen LogP contribution in [0.15, 0.2) is 24.8 Å². The van der Waals surface area contributed by atoms with Crippen molar-refractivity contribution in [3.63, 3.8) is 0 Å². The van der Waals surface area contributed by atoms with Crippen LogP contribution in [0, 0.1) is 6.92 Å². The molecule has 0 amide bonds. The fourth-order valence-corrected chi connectivity index (χ4v) is 3.16. The normalized spacial score (nSPS) is 23.7. The van der Waals surface area contributed by atoms with Gasteiger partial charge in [-0.2, -0.15) is 0 Å². The van der Waals surface area contributed by atoms with Crippen molar-refractivity contribution in [3.05, 3.63) is 41.5 Å². The Bertz CT molecular complexity index is 453. The third-order valence-corrected chi connectivity index (χ3v) is 3.92. The summed E-state index contributed by atoms with van der Waals surface area (Å²) in [6.45, 7) is 10.3. The molecule has 0 spiro atoms. The Hall–Kier alpha value is -1.28. The second-order valence-electron chi connectivity index (χ2n) is 5.51. The molecule has 0 fully saturated rings. The van der Waals surface area contributed by atoms with E-state index in [0.29, 0.717) is 17.7 Å². The Labute approximate surface area is 110 Å². The number of phenolic OH excluding ortho intramolecular Hbond substituents is 1. The summed E-state index contributed by atoms with van der Waals surface area (Å²) in [5, 5.41) is 13.7. The van der Waals surface area contributed by atoms with Gasteiger partial charge in [0.1, 0.15) is 5.75 Å². The van der Waals surface area contributed by atoms with Gasteiger partial charge in [0.15, 0.2) is 0 Å². The van der Waals surface area contributed by atoms with Crippen LogP contribution < -0.4 is 5.32 Å². The molecule has 0 bridgehead atoms. The van der Waals surface area contributed by atoms with Gasteiger partial charge in [0, 0.05) is 17.6 Å². The van der Waals surface area contributed by atoms with E-state index in [1.807, 2.05) is 18.2 Å². The molecule has 2 nitrogen and oxygen atoms in total. The van der Waals surface area contributed by atoms with Crippen LogP contribution in [0.1, 0.15) is 55.3 Å². The van der Waals surface area contributed by atoms with Crippen molar-refractivity contribution in [2.24, 2.45) is 0 Å². The zero-order chi connectivity index (χ0) is 13.3. The van der Waals surface area contributed by atoms with Gasteiger partial charge in [-0.15, -0.1) is 6.58 Å². The molecule has 2 heteroatoms. The number of nitrogens with one attached hydrogen (secondary N) is 1.